The first-order chi connectivity index (χ1) is 6.00. The summed E-state index contributed by atoms with van der Waals surface area (Å²) in [5.41, 5.74) is 0. The van der Waals surface area contributed by atoms with Crippen LogP contribution in [0, 0.1) is 0 Å². The second-order valence-electron chi connectivity index (χ2n) is 1.34. The van der Waals surface area contributed by atoms with Crippen LogP contribution in [0.4, 0.5) is 0 Å². The monoisotopic (exact) mass is 336 g/mol. The van der Waals surface area contributed by atoms with E-state index in [1.807, 2.05) is 0 Å². The summed E-state index contributed by atoms with van der Waals surface area (Å²) in [4.78, 5) is 0. The molecular formula is H9NaO13S3. The molecule has 0 aromatic carbocycles. The van der Waals surface area contributed by atoms with Gasteiger partial charge in [-0.05, 0) is 0 Å². The molecule has 0 saturated heterocycles. The molecule has 0 atom stereocenters. The maximum Gasteiger partial charge on any atom is 1.00 e. The Balaban J connectivity index is -0.0000000277. The molecule has 0 saturated carbocycles. The van der Waals surface area contributed by atoms with Crippen LogP contribution in [-0.4, -0.2) is 58.0 Å². The fraction of sp³-hybridized carbons (Fsp3) is 0. The van der Waals surface area contributed by atoms with Gasteiger partial charge in [-0.1, -0.05) is 0 Å². The van der Waals surface area contributed by atoms with Crippen molar-refractivity contribution in [2.75, 3.05) is 0 Å². The SMILES string of the molecule is O.O=S(=O)(O)O.O=S(=O)(O)O.O=S(=O)(O)O.[H-].[Na+]. The van der Waals surface area contributed by atoms with Crippen molar-refractivity contribution in [1.82, 2.24) is 0 Å². The molecule has 0 bridgehead atoms. The van der Waals surface area contributed by atoms with Crippen molar-refractivity contribution in [3.8, 4) is 0 Å². The van der Waals surface area contributed by atoms with Gasteiger partial charge in [-0.2, -0.15) is 25.3 Å². The Morgan fingerprint density at radius 3 is 0.529 bits per heavy atom. The van der Waals surface area contributed by atoms with E-state index in [2.05, 4.69) is 0 Å². The normalized spacial score (nSPS) is 10.2. The van der Waals surface area contributed by atoms with Crippen molar-refractivity contribution >= 4 is 31.2 Å². The zero-order chi connectivity index (χ0) is 13.5. The van der Waals surface area contributed by atoms with E-state index in [1.165, 1.54) is 0 Å². The fourth-order valence-corrected chi connectivity index (χ4v) is 0. The summed E-state index contributed by atoms with van der Waals surface area (Å²) in [5.74, 6) is 0. The minimum Gasteiger partial charge on any atom is -1.00 e. The number of rotatable bonds is 0. The van der Waals surface area contributed by atoms with Crippen molar-refractivity contribution in [1.29, 1.82) is 0 Å². The van der Waals surface area contributed by atoms with E-state index in [0.29, 0.717) is 0 Å². The predicted octanol–water partition coefficient (Wildman–Crippen LogP) is -5.67. The van der Waals surface area contributed by atoms with Crippen molar-refractivity contribution < 1.29 is 89.0 Å². The number of hydrogen-bond acceptors (Lipinski definition) is 6. The minimum absolute atomic E-state index is 0. The van der Waals surface area contributed by atoms with Gasteiger partial charge in [0.15, 0.2) is 0 Å². The Hall–Kier alpha value is 0.570. The molecule has 8 N–H and O–H groups in total. The Labute approximate surface area is 120 Å². The van der Waals surface area contributed by atoms with Crippen LogP contribution in [0.1, 0.15) is 1.43 Å². The van der Waals surface area contributed by atoms with E-state index in [9.17, 15) is 0 Å². The van der Waals surface area contributed by atoms with Gasteiger partial charge in [0.25, 0.3) is 0 Å². The third-order valence-electron chi connectivity index (χ3n) is 0. The second kappa shape index (κ2) is 11.6. The van der Waals surface area contributed by atoms with Crippen LogP contribution < -0.4 is 29.6 Å². The Bertz CT molecular complexity index is 343. The molecule has 0 unspecified atom stereocenters. The first-order valence-corrected chi connectivity index (χ1v) is 6.29. The van der Waals surface area contributed by atoms with Gasteiger partial charge in [0, 0.05) is 0 Å². The average molecular weight is 336 g/mol. The molecular weight excluding hydrogens is 327 g/mol. The third kappa shape index (κ3) is 10800. The molecule has 0 rings (SSSR count). The summed E-state index contributed by atoms with van der Waals surface area (Å²) in [7, 11) is -14.0. The zero-order valence-electron chi connectivity index (χ0n) is 8.86. The molecule has 0 radical (unpaired) electrons. The van der Waals surface area contributed by atoms with Crippen molar-refractivity contribution in [3.63, 3.8) is 0 Å². The van der Waals surface area contributed by atoms with Crippen LogP contribution in [0.3, 0.4) is 0 Å². The molecule has 0 spiro atoms. The van der Waals surface area contributed by atoms with Gasteiger partial charge < -0.3 is 6.90 Å². The molecule has 0 aliphatic heterocycles. The van der Waals surface area contributed by atoms with E-state index in [4.69, 9.17) is 52.6 Å². The maximum absolute atomic E-state index is 8.74. The standard InChI is InChI=1S/Na.3H2O4S.H2O.H/c;3*1-5(2,3)4;;/h;3*(H2,1,2,3,4);1H2;/q+1;;;;;-1. The van der Waals surface area contributed by atoms with Crippen LogP contribution in [-0.2, 0) is 31.2 Å². The van der Waals surface area contributed by atoms with Crippen LogP contribution >= 0.6 is 0 Å². The van der Waals surface area contributed by atoms with Gasteiger partial charge in [-0.15, -0.1) is 0 Å². The van der Waals surface area contributed by atoms with E-state index in [-0.39, 0.29) is 36.5 Å². The van der Waals surface area contributed by atoms with Crippen molar-refractivity contribution in [2.45, 2.75) is 0 Å². The summed E-state index contributed by atoms with van der Waals surface area (Å²) < 4.78 is 94.8. The Kier molecular flexibility index (Phi) is 20.9. The van der Waals surface area contributed by atoms with Gasteiger partial charge in [-0.25, -0.2) is 0 Å². The molecule has 0 amide bonds. The van der Waals surface area contributed by atoms with Crippen LogP contribution in [0.25, 0.3) is 0 Å². The smallest absolute Gasteiger partial charge is 1.00 e. The van der Waals surface area contributed by atoms with Crippen LogP contribution in [0.15, 0.2) is 0 Å². The van der Waals surface area contributed by atoms with E-state index in [0.717, 1.165) is 0 Å². The summed E-state index contributed by atoms with van der Waals surface area (Å²) in [6, 6.07) is 0. The molecule has 106 valence electrons. The van der Waals surface area contributed by atoms with Crippen molar-refractivity contribution in [2.24, 2.45) is 0 Å². The zero-order valence-corrected chi connectivity index (χ0v) is 12.3. The molecule has 13 nitrogen and oxygen atoms in total. The van der Waals surface area contributed by atoms with Gasteiger partial charge >= 0.3 is 60.8 Å². The maximum atomic E-state index is 8.74. The average Bonchev–Trinajstić information content (AvgIpc) is 1.41. The first kappa shape index (κ1) is 30.5. The Morgan fingerprint density at radius 2 is 0.529 bits per heavy atom. The molecule has 0 aromatic rings. The summed E-state index contributed by atoms with van der Waals surface area (Å²) in [6.45, 7) is 0. The summed E-state index contributed by atoms with van der Waals surface area (Å²) in [6.07, 6.45) is 0. The van der Waals surface area contributed by atoms with Crippen molar-refractivity contribution in [3.05, 3.63) is 0 Å². The summed E-state index contributed by atoms with van der Waals surface area (Å²) >= 11 is 0. The molecule has 17 heavy (non-hydrogen) atoms. The fourth-order valence-electron chi connectivity index (χ4n) is 0. The van der Waals surface area contributed by atoms with Gasteiger partial charge in [0.2, 0.25) is 0 Å². The van der Waals surface area contributed by atoms with Gasteiger partial charge in [0.1, 0.15) is 0 Å². The molecule has 0 heterocycles. The topological polar surface area (TPSA) is 255 Å². The van der Waals surface area contributed by atoms with Crippen LogP contribution in [0.2, 0.25) is 0 Å². The summed E-state index contributed by atoms with van der Waals surface area (Å²) in [5, 5.41) is 0. The second-order valence-corrected chi connectivity index (χ2v) is 4.03. The molecule has 0 fully saturated rings. The Morgan fingerprint density at radius 1 is 0.529 bits per heavy atom. The van der Waals surface area contributed by atoms with Gasteiger partial charge in [-0.3, -0.25) is 27.3 Å². The largest absolute Gasteiger partial charge is 1.00 e. The van der Waals surface area contributed by atoms with Crippen LogP contribution in [0.5, 0.6) is 0 Å². The molecule has 0 aliphatic rings. The van der Waals surface area contributed by atoms with E-state index >= 15 is 0 Å². The quantitative estimate of drug-likeness (QED) is 0.179. The molecule has 17 heteroatoms. The first-order valence-electron chi connectivity index (χ1n) is 2.10. The number of hydrogen-bond donors (Lipinski definition) is 6. The van der Waals surface area contributed by atoms with E-state index < -0.39 is 31.2 Å². The molecule has 0 aromatic heterocycles. The van der Waals surface area contributed by atoms with E-state index in [1.54, 1.807) is 0 Å². The third-order valence-corrected chi connectivity index (χ3v) is 0. The van der Waals surface area contributed by atoms with Gasteiger partial charge in [0.05, 0.1) is 0 Å². The molecule has 0 aliphatic carbocycles. The minimum atomic E-state index is -4.67. The predicted molar refractivity (Wildman–Crippen MR) is 47.3 cm³/mol.